The monoisotopic (exact) mass is 429 g/mol. The first-order chi connectivity index (χ1) is 15.3. The van der Waals surface area contributed by atoms with Crippen LogP contribution in [0.5, 0.6) is 0 Å². The smallest absolute Gasteiger partial charge is 0.254 e. The van der Waals surface area contributed by atoms with Crippen LogP contribution in [0, 0.1) is 0 Å². The lowest BCUT2D eigenvalue weighted by molar-refractivity contribution is -0.115. The Morgan fingerprint density at radius 1 is 1.16 bits per heavy atom. The number of ether oxygens (including phenoxy) is 1. The van der Waals surface area contributed by atoms with Crippen molar-refractivity contribution >= 4 is 22.5 Å². The molecule has 32 heavy (non-hydrogen) atoms. The quantitative estimate of drug-likeness (QED) is 0.646. The average Bonchev–Trinajstić information content (AvgIpc) is 3.02. The summed E-state index contributed by atoms with van der Waals surface area (Å²) in [4.78, 5) is 15.0. The van der Waals surface area contributed by atoms with Crippen LogP contribution in [0.25, 0.3) is 10.9 Å². The van der Waals surface area contributed by atoms with Crippen molar-refractivity contribution < 1.29 is 9.53 Å². The number of anilines is 1. The summed E-state index contributed by atoms with van der Waals surface area (Å²) in [6.45, 7) is 7.94. The van der Waals surface area contributed by atoms with E-state index in [0.717, 1.165) is 30.0 Å². The lowest BCUT2D eigenvalue weighted by Gasteiger charge is -2.33. The largest absolute Gasteiger partial charge is 0.493 e. The van der Waals surface area contributed by atoms with E-state index in [4.69, 9.17) is 4.74 Å². The average molecular weight is 430 g/mol. The summed E-state index contributed by atoms with van der Waals surface area (Å²) in [6.07, 6.45) is 3.36. The molecule has 0 bridgehead atoms. The van der Waals surface area contributed by atoms with Gasteiger partial charge >= 0.3 is 0 Å². The summed E-state index contributed by atoms with van der Waals surface area (Å²) >= 11 is 0. The Morgan fingerprint density at radius 3 is 2.69 bits per heavy atom. The van der Waals surface area contributed by atoms with E-state index in [1.54, 1.807) is 6.08 Å². The van der Waals surface area contributed by atoms with Crippen molar-refractivity contribution in [1.82, 2.24) is 9.88 Å². The number of nitrogens with zero attached hydrogens (tertiary/aromatic N) is 2. The van der Waals surface area contributed by atoms with Crippen molar-refractivity contribution in [3.63, 3.8) is 0 Å². The summed E-state index contributed by atoms with van der Waals surface area (Å²) in [5, 5.41) is 4.92. The van der Waals surface area contributed by atoms with Crippen molar-refractivity contribution in [2.45, 2.75) is 58.3 Å². The second-order valence-electron chi connectivity index (χ2n) is 9.75. The minimum atomic E-state index is -0.0204. The minimum absolute atomic E-state index is 0.0204. The highest BCUT2D eigenvalue weighted by molar-refractivity contribution is 6.04. The number of hydrogen-bond acceptors (Lipinski definition) is 3. The van der Waals surface area contributed by atoms with Gasteiger partial charge in [-0.2, -0.15) is 0 Å². The first-order valence-corrected chi connectivity index (χ1v) is 11.4. The summed E-state index contributed by atoms with van der Waals surface area (Å²) in [6, 6.07) is 16.5. The van der Waals surface area contributed by atoms with Crippen LogP contribution in [0.3, 0.4) is 0 Å². The maximum Gasteiger partial charge on any atom is 0.254 e. The highest BCUT2D eigenvalue weighted by Gasteiger charge is 2.31. The minimum Gasteiger partial charge on any atom is -0.493 e. The van der Waals surface area contributed by atoms with Gasteiger partial charge < -0.3 is 19.5 Å². The first-order valence-electron chi connectivity index (χ1n) is 11.4. The Balaban J connectivity index is 1.41. The number of rotatable bonds is 4. The Hall–Kier alpha value is -3.05. The fourth-order valence-electron chi connectivity index (χ4n) is 5.05. The van der Waals surface area contributed by atoms with Gasteiger partial charge in [-0.3, -0.25) is 4.79 Å². The van der Waals surface area contributed by atoms with E-state index in [0.29, 0.717) is 13.0 Å². The second-order valence-corrected chi connectivity index (χ2v) is 9.75. The van der Waals surface area contributed by atoms with Crippen molar-refractivity contribution in [2.75, 3.05) is 4.90 Å². The zero-order chi connectivity index (χ0) is 22.5. The number of aromatic nitrogens is 1. The van der Waals surface area contributed by atoms with Gasteiger partial charge in [0.05, 0.1) is 5.52 Å². The predicted octanol–water partition coefficient (Wildman–Crippen LogP) is 4.83. The van der Waals surface area contributed by atoms with Gasteiger partial charge in [-0.1, -0.05) is 36.4 Å². The zero-order valence-corrected chi connectivity index (χ0v) is 19.3. The summed E-state index contributed by atoms with van der Waals surface area (Å²) < 4.78 is 8.24. The van der Waals surface area contributed by atoms with Gasteiger partial charge in [-0.05, 0) is 50.5 Å². The van der Waals surface area contributed by atoms with Gasteiger partial charge in [0.15, 0.2) is 0 Å². The molecule has 3 heterocycles. The van der Waals surface area contributed by atoms with E-state index in [-0.39, 0.29) is 17.5 Å². The molecule has 2 aliphatic rings. The molecule has 166 valence electrons. The van der Waals surface area contributed by atoms with Crippen molar-refractivity contribution in [3.05, 3.63) is 77.2 Å². The molecule has 0 saturated heterocycles. The van der Waals surface area contributed by atoms with Gasteiger partial charge in [0.1, 0.15) is 12.4 Å². The van der Waals surface area contributed by atoms with Crippen LogP contribution in [0.2, 0.25) is 0 Å². The van der Waals surface area contributed by atoms with E-state index in [2.05, 4.69) is 55.9 Å². The number of nitrogens with one attached hydrogen (secondary N) is 1. The number of amides is 1. The molecule has 5 nitrogen and oxygen atoms in total. The Bertz CT molecular complexity index is 1210. The van der Waals surface area contributed by atoms with Crippen LogP contribution < -0.4 is 10.2 Å². The summed E-state index contributed by atoms with van der Waals surface area (Å²) in [7, 11) is 2.13. The number of fused-ring (bicyclic) bond motifs is 3. The van der Waals surface area contributed by atoms with Gasteiger partial charge in [0, 0.05) is 54.4 Å². The van der Waals surface area contributed by atoms with Crippen LogP contribution >= 0.6 is 0 Å². The molecular weight excluding hydrogens is 398 g/mol. The van der Waals surface area contributed by atoms with Crippen molar-refractivity contribution in [2.24, 2.45) is 7.05 Å². The third-order valence-electron chi connectivity index (χ3n) is 6.78. The molecule has 5 rings (SSSR count). The van der Waals surface area contributed by atoms with Crippen LogP contribution in [-0.4, -0.2) is 22.1 Å². The lowest BCUT2D eigenvalue weighted by atomic mass is 9.89. The molecular formula is C27H31N3O2. The van der Waals surface area contributed by atoms with E-state index in [1.165, 1.54) is 22.2 Å². The molecule has 0 fully saturated rings. The summed E-state index contributed by atoms with van der Waals surface area (Å²) in [5.41, 5.74) is 6.09. The lowest BCUT2D eigenvalue weighted by Crippen LogP contribution is -2.44. The molecule has 0 saturated carbocycles. The third-order valence-corrected chi connectivity index (χ3v) is 6.78. The molecule has 2 aliphatic heterocycles. The van der Waals surface area contributed by atoms with Gasteiger partial charge in [0.2, 0.25) is 0 Å². The number of benzene rings is 2. The fraction of sp³-hybridized carbons (Fsp3) is 0.370. The fourth-order valence-corrected chi connectivity index (χ4v) is 5.05. The molecule has 1 unspecified atom stereocenters. The normalized spacial score (nSPS) is 20.2. The first kappa shape index (κ1) is 20.8. The molecule has 3 aromatic rings. The van der Waals surface area contributed by atoms with Crippen LogP contribution in [-0.2, 0) is 36.2 Å². The molecule has 2 aromatic carbocycles. The van der Waals surface area contributed by atoms with Gasteiger partial charge in [-0.15, -0.1) is 0 Å². The molecule has 5 heteroatoms. The number of hydrogen-bond donors (Lipinski definition) is 1. The standard InChI is InChI=1S/C27H31N3O2/c1-18-12-21(32-17-19-8-6-5-7-9-19)14-26(31)30(18)20-10-11-22-23-15-27(2,3)28-16-25(23)29(4)24(22)13-20/h5-11,13-14,18,28H,12,15-17H2,1-4H3. The zero-order valence-electron chi connectivity index (χ0n) is 19.3. The Labute approximate surface area is 189 Å². The van der Waals surface area contributed by atoms with Crippen LogP contribution in [0.15, 0.2) is 60.4 Å². The van der Waals surface area contributed by atoms with E-state index in [1.807, 2.05) is 35.2 Å². The summed E-state index contributed by atoms with van der Waals surface area (Å²) in [5.74, 6) is 0.735. The second kappa shape index (κ2) is 7.82. The van der Waals surface area contributed by atoms with Crippen LogP contribution in [0.4, 0.5) is 5.69 Å². The highest BCUT2D eigenvalue weighted by atomic mass is 16.5. The molecule has 0 aliphatic carbocycles. The Morgan fingerprint density at radius 2 is 1.94 bits per heavy atom. The molecule has 1 amide bonds. The number of carbonyl (C=O) groups excluding carboxylic acids is 1. The molecule has 1 aromatic heterocycles. The van der Waals surface area contributed by atoms with Crippen LogP contribution in [0.1, 0.15) is 44.0 Å². The molecule has 0 radical (unpaired) electrons. The van der Waals surface area contributed by atoms with Gasteiger partial charge in [0.25, 0.3) is 5.91 Å². The number of aryl methyl sites for hydroxylation is 1. The SMILES string of the molecule is CC1CC(OCc2ccccc2)=CC(=O)N1c1ccc2c3c(n(C)c2c1)CNC(C)(C)C3. The Kier molecular flexibility index (Phi) is 5.09. The number of carbonyl (C=O) groups is 1. The molecule has 0 spiro atoms. The van der Waals surface area contributed by atoms with Crippen molar-refractivity contribution in [1.29, 1.82) is 0 Å². The van der Waals surface area contributed by atoms with Gasteiger partial charge in [-0.25, -0.2) is 0 Å². The third kappa shape index (κ3) is 3.71. The molecule has 1 N–H and O–H groups in total. The highest BCUT2D eigenvalue weighted by Crippen LogP contribution is 2.35. The molecule has 1 atom stereocenters. The van der Waals surface area contributed by atoms with E-state index >= 15 is 0 Å². The van der Waals surface area contributed by atoms with E-state index in [9.17, 15) is 4.79 Å². The topological polar surface area (TPSA) is 46.5 Å². The maximum atomic E-state index is 13.1. The van der Waals surface area contributed by atoms with E-state index < -0.39 is 0 Å². The van der Waals surface area contributed by atoms with Crippen molar-refractivity contribution in [3.8, 4) is 0 Å². The predicted molar refractivity (Wildman–Crippen MR) is 128 cm³/mol. The maximum absolute atomic E-state index is 13.1.